The van der Waals surface area contributed by atoms with Gasteiger partial charge in [-0.3, -0.25) is 4.79 Å². The van der Waals surface area contributed by atoms with Crippen LogP contribution in [0.5, 0.6) is 0 Å². The monoisotopic (exact) mass is 178 g/mol. The van der Waals surface area contributed by atoms with E-state index in [9.17, 15) is 4.79 Å². The average molecular weight is 178 g/mol. The molecule has 0 bridgehead atoms. The quantitative estimate of drug-likeness (QED) is 0.563. The highest BCUT2D eigenvalue weighted by Gasteiger charge is 2.40. The van der Waals surface area contributed by atoms with Crippen molar-refractivity contribution in [3.8, 4) is 0 Å². The molecule has 0 aromatic rings. The number of carbonyl (C=O) groups excluding carboxylic acids is 1. The van der Waals surface area contributed by atoms with Crippen molar-refractivity contribution in [2.75, 3.05) is 0 Å². The number of hydrogen-bond acceptors (Lipinski definition) is 1. The fraction of sp³-hybridized carbons (Fsp3) is 0.750. The number of ketones is 1. The summed E-state index contributed by atoms with van der Waals surface area (Å²) in [5.41, 5.74) is 1.39. The Balaban J connectivity index is 2.22. The number of Topliss-reactive ketones (excluding diaryl/α,β-unsaturated/α-hetero) is 1. The first-order valence-corrected chi connectivity index (χ1v) is 5.46. The zero-order valence-electron chi connectivity index (χ0n) is 8.44. The SMILES string of the molecule is C[C@]1(C2=CCCCC2)CCCC1=O. The minimum atomic E-state index is -0.0551. The number of hydrogen-bond donors (Lipinski definition) is 0. The van der Waals surface area contributed by atoms with Gasteiger partial charge in [-0.05, 0) is 45.4 Å². The minimum absolute atomic E-state index is 0.0551. The predicted molar refractivity (Wildman–Crippen MR) is 53.5 cm³/mol. The largest absolute Gasteiger partial charge is 0.299 e. The van der Waals surface area contributed by atoms with Gasteiger partial charge in [-0.2, -0.15) is 0 Å². The van der Waals surface area contributed by atoms with Gasteiger partial charge in [0.1, 0.15) is 5.78 Å². The lowest BCUT2D eigenvalue weighted by Gasteiger charge is -2.28. The molecule has 0 aromatic carbocycles. The van der Waals surface area contributed by atoms with E-state index < -0.39 is 0 Å². The minimum Gasteiger partial charge on any atom is -0.299 e. The number of carbonyl (C=O) groups is 1. The van der Waals surface area contributed by atoms with Gasteiger partial charge in [-0.15, -0.1) is 0 Å². The van der Waals surface area contributed by atoms with Crippen molar-refractivity contribution >= 4 is 5.78 Å². The van der Waals surface area contributed by atoms with E-state index in [0.717, 1.165) is 19.3 Å². The van der Waals surface area contributed by atoms with Crippen LogP contribution in [0, 0.1) is 5.41 Å². The molecule has 2 aliphatic rings. The van der Waals surface area contributed by atoms with E-state index in [0.29, 0.717) is 5.78 Å². The third-order valence-corrected chi connectivity index (χ3v) is 3.70. The fourth-order valence-corrected chi connectivity index (χ4v) is 2.70. The van der Waals surface area contributed by atoms with E-state index >= 15 is 0 Å². The molecule has 2 aliphatic carbocycles. The van der Waals surface area contributed by atoms with Crippen LogP contribution in [-0.4, -0.2) is 5.78 Å². The number of allylic oxidation sites excluding steroid dienone is 2. The molecule has 72 valence electrons. The van der Waals surface area contributed by atoms with Crippen molar-refractivity contribution in [1.82, 2.24) is 0 Å². The Labute approximate surface area is 80.2 Å². The highest BCUT2D eigenvalue weighted by Crippen LogP contribution is 2.44. The lowest BCUT2D eigenvalue weighted by molar-refractivity contribution is -0.123. The summed E-state index contributed by atoms with van der Waals surface area (Å²) in [6, 6.07) is 0. The molecule has 2 rings (SSSR count). The summed E-state index contributed by atoms with van der Waals surface area (Å²) in [5.74, 6) is 0.487. The smallest absolute Gasteiger partial charge is 0.142 e. The Hall–Kier alpha value is -0.590. The van der Waals surface area contributed by atoms with Gasteiger partial charge < -0.3 is 0 Å². The van der Waals surface area contributed by atoms with Crippen molar-refractivity contribution in [3.05, 3.63) is 11.6 Å². The summed E-state index contributed by atoms with van der Waals surface area (Å²) in [5, 5.41) is 0. The van der Waals surface area contributed by atoms with Crippen molar-refractivity contribution in [1.29, 1.82) is 0 Å². The molecule has 1 nitrogen and oxygen atoms in total. The molecule has 0 N–H and O–H groups in total. The topological polar surface area (TPSA) is 17.1 Å². The normalized spacial score (nSPS) is 34.8. The van der Waals surface area contributed by atoms with Gasteiger partial charge in [0, 0.05) is 11.8 Å². The van der Waals surface area contributed by atoms with Crippen LogP contribution in [0.1, 0.15) is 51.9 Å². The lowest BCUT2D eigenvalue weighted by Crippen LogP contribution is -2.25. The maximum Gasteiger partial charge on any atom is 0.142 e. The van der Waals surface area contributed by atoms with Crippen molar-refractivity contribution in [2.24, 2.45) is 5.41 Å². The third-order valence-electron chi connectivity index (χ3n) is 3.70. The molecule has 0 amide bonds. The number of rotatable bonds is 1. The molecule has 0 heterocycles. The van der Waals surface area contributed by atoms with Crippen molar-refractivity contribution in [2.45, 2.75) is 51.9 Å². The molecule has 0 radical (unpaired) electrons. The third kappa shape index (κ3) is 1.45. The first-order valence-electron chi connectivity index (χ1n) is 5.46. The summed E-state index contributed by atoms with van der Waals surface area (Å²) in [6.07, 6.45) is 10.3. The van der Waals surface area contributed by atoms with Crippen LogP contribution in [0.25, 0.3) is 0 Å². The van der Waals surface area contributed by atoms with E-state index in [1.807, 2.05) is 0 Å². The lowest BCUT2D eigenvalue weighted by atomic mass is 9.75. The second-order valence-corrected chi connectivity index (χ2v) is 4.58. The molecule has 1 saturated carbocycles. The van der Waals surface area contributed by atoms with Gasteiger partial charge in [0.25, 0.3) is 0 Å². The summed E-state index contributed by atoms with van der Waals surface area (Å²) in [7, 11) is 0. The van der Waals surface area contributed by atoms with Crippen LogP contribution in [0.2, 0.25) is 0 Å². The summed E-state index contributed by atoms with van der Waals surface area (Å²) in [6.45, 7) is 2.15. The van der Waals surface area contributed by atoms with Gasteiger partial charge in [-0.1, -0.05) is 11.6 Å². The molecule has 1 atom stereocenters. The van der Waals surface area contributed by atoms with Crippen molar-refractivity contribution < 1.29 is 4.79 Å². The van der Waals surface area contributed by atoms with Crippen LogP contribution in [0.3, 0.4) is 0 Å². The molecular formula is C12H18O. The Bertz CT molecular complexity index is 252. The van der Waals surface area contributed by atoms with Gasteiger partial charge >= 0.3 is 0 Å². The van der Waals surface area contributed by atoms with E-state index in [2.05, 4.69) is 13.0 Å². The first-order chi connectivity index (χ1) is 6.23. The standard InChI is InChI=1S/C12H18O/c1-12(9-5-8-11(12)13)10-6-3-2-4-7-10/h6H,2-5,7-9H2,1H3/t12-/m1/s1. The van der Waals surface area contributed by atoms with Crippen molar-refractivity contribution in [3.63, 3.8) is 0 Å². The molecule has 0 aliphatic heterocycles. The van der Waals surface area contributed by atoms with E-state index in [1.165, 1.54) is 31.3 Å². The first kappa shape index (κ1) is 8.98. The molecule has 1 fully saturated rings. The average Bonchev–Trinajstić information content (AvgIpc) is 2.50. The molecule has 0 spiro atoms. The molecule has 0 unspecified atom stereocenters. The molecule has 13 heavy (non-hydrogen) atoms. The summed E-state index contributed by atoms with van der Waals surface area (Å²) in [4.78, 5) is 11.8. The van der Waals surface area contributed by atoms with Crippen LogP contribution in [0.4, 0.5) is 0 Å². The zero-order valence-corrected chi connectivity index (χ0v) is 8.44. The maximum absolute atomic E-state index is 11.8. The Morgan fingerprint density at radius 1 is 1.23 bits per heavy atom. The van der Waals surface area contributed by atoms with E-state index in [-0.39, 0.29) is 5.41 Å². The van der Waals surface area contributed by atoms with E-state index in [1.54, 1.807) is 0 Å². The second-order valence-electron chi connectivity index (χ2n) is 4.58. The molecule has 1 heteroatoms. The van der Waals surface area contributed by atoms with Gasteiger partial charge in [0.15, 0.2) is 0 Å². The Kier molecular flexibility index (Phi) is 2.27. The van der Waals surface area contributed by atoms with Gasteiger partial charge in [-0.25, -0.2) is 0 Å². The van der Waals surface area contributed by atoms with Crippen LogP contribution in [0.15, 0.2) is 11.6 Å². The van der Waals surface area contributed by atoms with Gasteiger partial charge in [0.05, 0.1) is 0 Å². The highest BCUT2D eigenvalue weighted by atomic mass is 16.1. The van der Waals surface area contributed by atoms with Gasteiger partial charge in [0.2, 0.25) is 0 Å². The molecule has 0 saturated heterocycles. The second kappa shape index (κ2) is 3.28. The van der Waals surface area contributed by atoms with E-state index in [4.69, 9.17) is 0 Å². The predicted octanol–water partition coefficient (Wildman–Crippen LogP) is 3.25. The zero-order chi connectivity index (χ0) is 9.31. The fourth-order valence-electron chi connectivity index (χ4n) is 2.70. The Morgan fingerprint density at radius 3 is 2.62 bits per heavy atom. The highest BCUT2D eigenvalue weighted by molar-refractivity contribution is 5.89. The van der Waals surface area contributed by atoms with Crippen LogP contribution < -0.4 is 0 Å². The summed E-state index contributed by atoms with van der Waals surface area (Å²) < 4.78 is 0. The van der Waals surface area contributed by atoms with Crippen LogP contribution in [-0.2, 0) is 4.79 Å². The Morgan fingerprint density at radius 2 is 2.08 bits per heavy atom. The molecule has 0 aromatic heterocycles. The summed E-state index contributed by atoms with van der Waals surface area (Å²) >= 11 is 0. The van der Waals surface area contributed by atoms with Crippen LogP contribution >= 0.6 is 0 Å². The maximum atomic E-state index is 11.8. The molecular weight excluding hydrogens is 160 g/mol.